The van der Waals surface area contributed by atoms with E-state index < -0.39 is 0 Å². The highest BCUT2D eigenvalue weighted by Crippen LogP contribution is 2.07. The first kappa shape index (κ1) is 8.71. The lowest BCUT2D eigenvalue weighted by Gasteiger charge is -2.16. The van der Waals surface area contributed by atoms with Crippen molar-refractivity contribution < 1.29 is 9.47 Å². The fourth-order valence-electron chi connectivity index (χ4n) is 1.22. The van der Waals surface area contributed by atoms with E-state index in [1.54, 1.807) is 13.2 Å². The Kier molecular flexibility index (Phi) is 3.56. The van der Waals surface area contributed by atoms with Crippen molar-refractivity contribution in [3.8, 4) is 0 Å². The minimum Gasteiger partial charge on any atom is -0.377 e. The summed E-state index contributed by atoms with van der Waals surface area (Å²) in [7, 11) is 1.71. The number of nitrogens with one attached hydrogen (secondary N) is 1. The molecule has 0 radical (unpaired) electrons. The third-order valence-electron chi connectivity index (χ3n) is 1.84. The molecule has 1 heterocycles. The van der Waals surface area contributed by atoms with Crippen molar-refractivity contribution in [3.05, 3.63) is 12.7 Å². The summed E-state index contributed by atoms with van der Waals surface area (Å²) in [6.45, 7) is 5.96. The van der Waals surface area contributed by atoms with Gasteiger partial charge in [0.1, 0.15) is 0 Å². The van der Waals surface area contributed by atoms with Crippen LogP contribution in [-0.2, 0) is 9.47 Å². The zero-order valence-electron chi connectivity index (χ0n) is 6.88. The van der Waals surface area contributed by atoms with Crippen LogP contribution in [-0.4, -0.2) is 39.0 Å². The van der Waals surface area contributed by atoms with Gasteiger partial charge in [0.25, 0.3) is 0 Å². The number of ether oxygens (including phenoxy) is 2. The monoisotopic (exact) mass is 157 g/mol. The van der Waals surface area contributed by atoms with Crippen LogP contribution in [0.5, 0.6) is 0 Å². The van der Waals surface area contributed by atoms with Gasteiger partial charge >= 0.3 is 0 Å². The summed E-state index contributed by atoms with van der Waals surface area (Å²) in [6.07, 6.45) is 2.15. The highest BCUT2D eigenvalue weighted by atomic mass is 16.5. The quantitative estimate of drug-likeness (QED) is 0.590. The molecule has 0 aromatic heterocycles. The van der Waals surface area contributed by atoms with E-state index in [-0.39, 0.29) is 12.2 Å². The second-order valence-electron chi connectivity index (χ2n) is 2.59. The minimum absolute atomic E-state index is 0.193. The van der Waals surface area contributed by atoms with E-state index in [0.29, 0.717) is 6.61 Å². The van der Waals surface area contributed by atoms with E-state index in [0.717, 1.165) is 13.1 Å². The van der Waals surface area contributed by atoms with Gasteiger partial charge in [0.15, 0.2) is 0 Å². The predicted octanol–water partition coefficient (Wildman–Crippen LogP) is 0.176. The Hall–Kier alpha value is -0.380. The second-order valence-corrected chi connectivity index (χ2v) is 2.59. The van der Waals surface area contributed by atoms with Gasteiger partial charge in [-0.1, -0.05) is 6.08 Å². The molecule has 0 amide bonds. The minimum atomic E-state index is 0.193. The first-order valence-electron chi connectivity index (χ1n) is 3.84. The summed E-state index contributed by atoms with van der Waals surface area (Å²) >= 11 is 0. The summed E-state index contributed by atoms with van der Waals surface area (Å²) in [5, 5.41) is 3.20. The SMILES string of the molecule is C=CCO[C@@H]1CNC[C@@H]1OC. The van der Waals surface area contributed by atoms with Crippen molar-refractivity contribution in [2.75, 3.05) is 26.8 Å². The summed E-state index contributed by atoms with van der Waals surface area (Å²) in [6, 6.07) is 0. The van der Waals surface area contributed by atoms with E-state index >= 15 is 0 Å². The molecule has 1 saturated heterocycles. The van der Waals surface area contributed by atoms with Crippen LogP contribution in [0.4, 0.5) is 0 Å². The molecule has 1 rings (SSSR count). The van der Waals surface area contributed by atoms with Crippen molar-refractivity contribution in [1.29, 1.82) is 0 Å². The fraction of sp³-hybridized carbons (Fsp3) is 0.750. The molecule has 1 fully saturated rings. The molecule has 0 spiro atoms. The van der Waals surface area contributed by atoms with Crippen LogP contribution in [0.2, 0.25) is 0 Å². The molecule has 64 valence electrons. The fourth-order valence-corrected chi connectivity index (χ4v) is 1.22. The summed E-state index contributed by atoms with van der Waals surface area (Å²) in [5.41, 5.74) is 0. The third kappa shape index (κ3) is 2.29. The molecule has 0 aromatic rings. The Morgan fingerprint density at radius 2 is 2.27 bits per heavy atom. The van der Waals surface area contributed by atoms with Crippen LogP contribution in [0.1, 0.15) is 0 Å². The summed E-state index contributed by atoms with van der Waals surface area (Å²) < 4.78 is 10.6. The van der Waals surface area contributed by atoms with Crippen LogP contribution in [0, 0.1) is 0 Å². The van der Waals surface area contributed by atoms with Crippen molar-refractivity contribution in [3.63, 3.8) is 0 Å². The number of rotatable bonds is 4. The Bertz CT molecular complexity index is 127. The van der Waals surface area contributed by atoms with Crippen molar-refractivity contribution in [2.24, 2.45) is 0 Å². The maximum atomic E-state index is 5.45. The predicted molar refractivity (Wildman–Crippen MR) is 43.6 cm³/mol. The van der Waals surface area contributed by atoms with Gasteiger partial charge in [0, 0.05) is 20.2 Å². The molecule has 1 N–H and O–H groups in total. The van der Waals surface area contributed by atoms with Gasteiger partial charge in [-0.15, -0.1) is 6.58 Å². The van der Waals surface area contributed by atoms with Gasteiger partial charge in [-0.3, -0.25) is 0 Å². The topological polar surface area (TPSA) is 30.5 Å². The van der Waals surface area contributed by atoms with Crippen LogP contribution in [0.25, 0.3) is 0 Å². The molecule has 0 bridgehead atoms. The van der Waals surface area contributed by atoms with Crippen LogP contribution < -0.4 is 5.32 Å². The lowest BCUT2D eigenvalue weighted by atomic mass is 10.2. The molecule has 0 aromatic carbocycles. The Morgan fingerprint density at radius 1 is 1.55 bits per heavy atom. The van der Waals surface area contributed by atoms with Gasteiger partial charge in [-0.25, -0.2) is 0 Å². The second kappa shape index (κ2) is 4.49. The van der Waals surface area contributed by atoms with Gasteiger partial charge in [-0.05, 0) is 0 Å². The highest BCUT2D eigenvalue weighted by Gasteiger charge is 2.26. The van der Waals surface area contributed by atoms with Crippen molar-refractivity contribution in [2.45, 2.75) is 12.2 Å². The maximum absolute atomic E-state index is 5.45. The molecular weight excluding hydrogens is 142 g/mol. The Morgan fingerprint density at radius 3 is 2.91 bits per heavy atom. The molecule has 0 aliphatic carbocycles. The van der Waals surface area contributed by atoms with Crippen LogP contribution in [0.3, 0.4) is 0 Å². The largest absolute Gasteiger partial charge is 0.377 e. The average molecular weight is 157 g/mol. The van der Waals surface area contributed by atoms with Gasteiger partial charge in [0.2, 0.25) is 0 Å². The van der Waals surface area contributed by atoms with E-state index in [1.807, 2.05) is 0 Å². The normalized spacial score (nSPS) is 30.6. The van der Waals surface area contributed by atoms with Gasteiger partial charge in [0.05, 0.1) is 18.8 Å². The van der Waals surface area contributed by atoms with E-state index in [2.05, 4.69) is 11.9 Å². The summed E-state index contributed by atoms with van der Waals surface area (Å²) in [4.78, 5) is 0. The Labute approximate surface area is 67.4 Å². The van der Waals surface area contributed by atoms with Crippen molar-refractivity contribution >= 4 is 0 Å². The van der Waals surface area contributed by atoms with Crippen molar-refractivity contribution in [1.82, 2.24) is 5.32 Å². The lowest BCUT2D eigenvalue weighted by molar-refractivity contribution is -0.0177. The number of hydrogen-bond acceptors (Lipinski definition) is 3. The van der Waals surface area contributed by atoms with Gasteiger partial charge < -0.3 is 14.8 Å². The molecule has 11 heavy (non-hydrogen) atoms. The van der Waals surface area contributed by atoms with Gasteiger partial charge in [-0.2, -0.15) is 0 Å². The molecule has 2 atom stereocenters. The van der Waals surface area contributed by atoms with E-state index in [4.69, 9.17) is 9.47 Å². The van der Waals surface area contributed by atoms with Crippen LogP contribution >= 0.6 is 0 Å². The Balaban J connectivity index is 2.25. The van der Waals surface area contributed by atoms with E-state index in [1.165, 1.54) is 0 Å². The average Bonchev–Trinajstić information content (AvgIpc) is 2.47. The smallest absolute Gasteiger partial charge is 0.0977 e. The van der Waals surface area contributed by atoms with E-state index in [9.17, 15) is 0 Å². The number of methoxy groups -OCH3 is 1. The zero-order valence-corrected chi connectivity index (χ0v) is 6.88. The number of hydrogen-bond donors (Lipinski definition) is 1. The summed E-state index contributed by atoms with van der Waals surface area (Å²) in [5.74, 6) is 0. The van der Waals surface area contributed by atoms with Crippen LogP contribution in [0.15, 0.2) is 12.7 Å². The third-order valence-corrected chi connectivity index (χ3v) is 1.84. The molecule has 0 saturated carbocycles. The molecular formula is C8H15NO2. The zero-order chi connectivity index (χ0) is 8.10. The first-order valence-corrected chi connectivity index (χ1v) is 3.84. The molecule has 1 aliphatic rings. The molecule has 3 heteroatoms. The first-order chi connectivity index (χ1) is 5.38. The maximum Gasteiger partial charge on any atom is 0.0977 e. The lowest BCUT2D eigenvalue weighted by Crippen LogP contribution is -2.28. The standard InChI is InChI=1S/C8H15NO2/c1-3-4-11-8-6-9-5-7(8)10-2/h3,7-9H,1,4-6H2,2H3/t7-,8+/m0/s1. The molecule has 0 unspecified atom stereocenters. The highest BCUT2D eigenvalue weighted by molar-refractivity contribution is 4.83. The molecule has 3 nitrogen and oxygen atoms in total. The molecule has 1 aliphatic heterocycles.